The van der Waals surface area contributed by atoms with Gasteiger partial charge in [0.05, 0.1) is 17.3 Å². The molecule has 0 bridgehead atoms. The van der Waals surface area contributed by atoms with Crippen LogP contribution < -0.4 is 5.43 Å². The Morgan fingerprint density at radius 1 is 1.10 bits per heavy atom. The number of pyridine rings is 3. The van der Waals surface area contributed by atoms with Crippen molar-refractivity contribution in [3.05, 3.63) is 64.3 Å². The van der Waals surface area contributed by atoms with Crippen molar-refractivity contribution in [1.82, 2.24) is 14.5 Å². The zero-order chi connectivity index (χ0) is 13.5. The SMILES string of the molecule is O=c1c2c(n(-c3cccnc3)c3ncccc13)CCC2. The van der Waals surface area contributed by atoms with Gasteiger partial charge in [-0.15, -0.1) is 0 Å². The molecule has 98 valence electrons. The molecule has 3 aromatic rings. The molecule has 0 saturated heterocycles. The molecular formula is C16H13N3O. The number of rotatable bonds is 1. The van der Waals surface area contributed by atoms with Gasteiger partial charge in [0.25, 0.3) is 0 Å². The van der Waals surface area contributed by atoms with Crippen LogP contribution in [-0.2, 0) is 12.8 Å². The summed E-state index contributed by atoms with van der Waals surface area (Å²) in [5.41, 5.74) is 3.87. The van der Waals surface area contributed by atoms with Gasteiger partial charge in [-0.05, 0) is 43.5 Å². The summed E-state index contributed by atoms with van der Waals surface area (Å²) in [6, 6.07) is 7.59. The maximum atomic E-state index is 12.5. The Balaban J connectivity index is 2.20. The average Bonchev–Trinajstić information content (AvgIpc) is 2.98. The fourth-order valence-corrected chi connectivity index (χ4v) is 3.03. The van der Waals surface area contributed by atoms with Gasteiger partial charge < -0.3 is 0 Å². The van der Waals surface area contributed by atoms with Crippen LogP contribution in [0, 0.1) is 0 Å². The Kier molecular flexibility index (Phi) is 2.42. The number of fused-ring (bicyclic) bond motifs is 2. The molecule has 1 aliphatic rings. The molecule has 4 nitrogen and oxygen atoms in total. The van der Waals surface area contributed by atoms with Gasteiger partial charge in [0, 0.05) is 23.7 Å². The van der Waals surface area contributed by atoms with E-state index in [0.29, 0.717) is 5.39 Å². The van der Waals surface area contributed by atoms with Crippen molar-refractivity contribution >= 4 is 11.0 Å². The second-order valence-electron chi connectivity index (χ2n) is 5.03. The normalized spacial score (nSPS) is 13.6. The minimum Gasteiger partial charge on any atom is -0.296 e. The molecule has 0 radical (unpaired) electrons. The second-order valence-corrected chi connectivity index (χ2v) is 5.03. The molecule has 0 saturated carbocycles. The molecule has 0 fully saturated rings. The largest absolute Gasteiger partial charge is 0.296 e. The predicted octanol–water partition coefficient (Wildman–Crippen LogP) is 2.27. The van der Waals surface area contributed by atoms with Crippen LogP contribution >= 0.6 is 0 Å². The Morgan fingerprint density at radius 2 is 2.00 bits per heavy atom. The highest BCUT2D eigenvalue weighted by Gasteiger charge is 2.22. The van der Waals surface area contributed by atoms with E-state index in [-0.39, 0.29) is 5.43 Å². The van der Waals surface area contributed by atoms with Crippen molar-refractivity contribution in [3.63, 3.8) is 0 Å². The van der Waals surface area contributed by atoms with E-state index in [1.54, 1.807) is 12.4 Å². The number of hydrogen-bond donors (Lipinski definition) is 0. The van der Waals surface area contributed by atoms with E-state index >= 15 is 0 Å². The van der Waals surface area contributed by atoms with Crippen LogP contribution in [0.4, 0.5) is 0 Å². The first-order chi connectivity index (χ1) is 9.86. The fourth-order valence-electron chi connectivity index (χ4n) is 3.03. The lowest BCUT2D eigenvalue weighted by Crippen LogP contribution is -2.17. The molecule has 0 aromatic carbocycles. The standard InChI is InChI=1S/C16H13N3O/c20-15-12-5-1-7-14(12)19(11-4-2-8-17-10-11)16-13(15)6-3-9-18-16/h2-4,6,8-10H,1,5,7H2. The maximum absolute atomic E-state index is 12.5. The molecule has 0 amide bonds. The minimum absolute atomic E-state index is 0.140. The summed E-state index contributed by atoms with van der Waals surface area (Å²) in [6.07, 6.45) is 8.11. The van der Waals surface area contributed by atoms with Gasteiger partial charge in [0.2, 0.25) is 0 Å². The van der Waals surface area contributed by atoms with Crippen LogP contribution in [-0.4, -0.2) is 14.5 Å². The van der Waals surface area contributed by atoms with Crippen molar-refractivity contribution in [1.29, 1.82) is 0 Å². The summed E-state index contributed by atoms with van der Waals surface area (Å²) >= 11 is 0. The Bertz CT molecular complexity index is 853. The quantitative estimate of drug-likeness (QED) is 0.676. The molecule has 0 unspecified atom stereocenters. The lowest BCUT2D eigenvalue weighted by Gasteiger charge is -2.15. The molecule has 3 aromatic heterocycles. The molecule has 0 atom stereocenters. The van der Waals surface area contributed by atoms with Crippen LogP contribution in [0.15, 0.2) is 47.7 Å². The second kappa shape index (κ2) is 4.27. The summed E-state index contributed by atoms with van der Waals surface area (Å²) < 4.78 is 2.09. The zero-order valence-corrected chi connectivity index (χ0v) is 10.9. The molecule has 4 heteroatoms. The topological polar surface area (TPSA) is 47.8 Å². The first-order valence-corrected chi connectivity index (χ1v) is 6.78. The molecule has 3 heterocycles. The monoisotopic (exact) mass is 263 g/mol. The first-order valence-electron chi connectivity index (χ1n) is 6.78. The molecule has 0 spiro atoms. The summed E-state index contributed by atoms with van der Waals surface area (Å²) in [7, 11) is 0. The number of nitrogens with zero attached hydrogens (tertiary/aromatic N) is 3. The highest BCUT2D eigenvalue weighted by atomic mass is 16.1. The molecular weight excluding hydrogens is 250 g/mol. The zero-order valence-electron chi connectivity index (χ0n) is 10.9. The third-order valence-corrected chi connectivity index (χ3v) is 3.88. The van der Waals surface area contributed by atoms with Gasteiger partial charge in [0.15, 0.2) is 5.43 Å². The third-order valence-electron chi connectivity index (χ3n) is 3.88. The molecule has 20 heavy (non-hydrogen) atoms. The van der Waals surface area contributed by atoms with Gasteiger partial charge in [-0.3, -0.25) is 14.3 Å². The van der Waals surface area contributed by atoms with Crippen molar-refractivity contribution in [2.75, 3.05) is 0 Å². The van der Waals surface area contributed by atoms with E-state index in [9.17, 15) is 4.79 Å². The van der Waals surface area contributed by atoms with Crippen molar-refractivity contribution in [2.24, 2.45) is 0 Å². The smallest absolute Gasteiger partial charge is 0.194 e. The molecule has 4 rings (SSSR count). The van der Waals surface area contributed by atoms with Crippen molar-refractivity contribution in [3.8, 4) is 5.69 Å². The number of hydrogen-bond acceptors (Lipinski definition) is 3. The van der Waals surface area contributed by atoms with Gasteiger partial charge in [-0.1, -0.05) is 0 Å². The summed E-state index contributed by atoms with van der Waals surface area (Å²) in [6.45, 7) is 0. The van der Waals surface area contributed by atoms with Crippen molar-refractivity contribution in [2.45, 2.75) is 19.3 Å². The first kappa shape index (κ1) is 11.3. The highest BCUT2D eigenvalue weighted by molar-refractivity contribution is 5.78. The van der Waals surface area contributed by atoms with Crippen LogP contribution in [0.2, 0.25) is 0 Å². The van der Waals surface area contributed by atoms with E-state index in [1.165, 1.54) is 0 Å². The van der Waals surface area contributed by atoms with Gasteiger partial charge in [-0.2, -0.15) is 0 Å². The average molecular weight is 263 g/mol. The van der Waals surface area contributed by atoms with Gasteiger partial charge in [0.1, 0.15) is 5.65 Å². The van der Waals surface area contributed by atoms with Crippen LogP contribution in [0.5, 0.6) is 0 Å². The van der Waals surface area contributed by atoms with Crippen LogP contribution in [0.1, 0.15) is 17.7 Å². The minimum atomic E-state index is 0.140. The lowest BCUT2D eigenvalue weighted by atomic mass is 10.1. The Morgan fingerprint density at radius 3 is 2.85 bits per heavy atom. The number of aromatic nitrogens is 3. The third kappa shape index (κ3) is 1.51. The van der Waals surface area contributed by atoms with E-state index in [0.717, 1.165) is 41.9 Å². The van der Waals surface area contributed by atoms with E-state index < -0.39 is 0 Å². The summed E-state index contributed by atoms with van der Waals surface area (Å²) in [5.74, 6) is 0. The summed E-state index contributed by atoms with van der Waals surface area (Å²) in [5, 5.41) is 0.692. The lowest BCUT2D eigenvalue weighted by molar-refractivity contribution is 0.872. The summed E-state index contributed by atoms with van der Waals surface area (Å²) in [4.78, 5) is 21.2. The fraction of sp³-hybridized carbons (Fsp3) is 0.188. The Labute approximate surface area is 115 Å². The maximum Gasteiger partial charge on any atom is 0.194 e. The molecule has 1 aliphatic carbocycles. The van der Waals surface area contributed by atoms with E-state index in [2.05, 4.69) is 14.5 Å². The Hall–Kier alpha value is -2.49. The van der Waals surface area contributed by atoms with Gasteiger partial charge >= 0.3 is 0 Å². The van der Waals surface area contributed by atoms with Crippen LogP contribution in [0.3, 0.4) is 0 Å². The van der Waals surface area contributed by atoms with Gasteiger partial charge in [-0.25, -0.2) is 4.98 Å². The highest BCUT2D eigenvalue weighted by Crippen LogP contribution is 2.26. The van der Waals surface area contributed by atoms with Crippen LogP contribution in [0.25, 0.3) is 16.7 Å². The van der Waals surface area contributed by atoms with E-state index in [1.807, 2.05) is 30.5 Å². The molecule has 0 aliphatic heterocycles. The predicted molar refractivity (Wildman–Crippen MR) is 77.2 cm³/mol. The van der Waals surface area contributed by atoms with Crippen molar-refractivity contribution < 1.29 is 0 Å². The molecule has 0 N–H and O–H groups in total. The van der Waals surface area contributed by atoms with E-state index in [4.69, 9.17) is 0 Å².